The molecule has 0 radical (unpaired) electrons. The number of amides is 1. The largest absolute Gasteiger partial charge is 0.506 e. The van der Waals surface area contributed by atoms with E-state index in [0.717, 1.165) is 24.7 Å². The van der Waals surface area contributed by atoms with Gasteiger partial charge in [-0.15, -0.1) is 0 Å². The number of aliphatic hydroxyl groups excluding tert-OH is 1. The van der Waals surface area contributed by atoms with Crippen LogP contribution in [-0.4, -0.2) is 74.0 Å². The molecule has 0 saturated carbocycles. The number of nitrogens with two attached hydrogens (primary N) is 1. The van der Waals surface area contributed by atoms with Crippen LogP contribution >= 0.6 is 0 Å². The van der Waals surface area contributed by atoms with Gasteiger partial charge < -0.3 is 20.8 Å². The monoisotopic (exact) mass is 548 g/mol. The van der Waals surface area contributed by atoms with Crippen LogP contribution in [0.4, 0.5) is 5.82 Å². The van der Waals surface area contributed by atoms with Gasteiger partial charge in [0.15, 0.2) is 15.5 Å². The molecule has 2 atom stereocenters. The summed E-state index contributed by atoms with van der Waals surface area (Å²) in [6, 6.07) is 10.7. The zero-order valence-electron chi connectivity index (χ0n) is 21.2. The molecule has 12 heteroatoms. The molecule has 4 N–H and O–H groups in total. The summed E-state index contributed by atoms with van der Waals surface area (Å²) < 4.78 is 27.2. The molecule has 2 aliphatic rings. The minimum absolute atomic E-state index is 0.0171. The van der Waals surface area contributed by atoms with Gasteiger partial charge in [-0.2, -0.15) is 9.61 Å². The molecule has 11 nitrogen and oxygen atoms in total. The van der Waals surface area contributed by atoms with Gasteiger partial charge in [-0.3, -0.25) is 9.78 Å². The van der Waals surface area contributed by atoms with E-state index in [0.29, 0.717) is 41.0 Å². The summed E-state index contributed by atoms with van der Waals surface area (Å²) in [6.45, 7) is -0.549. The summed E-state index contributed by atoms with van der Waals surface area (Å²) in [7, 11) is -3.77. The van der Waals surface area contributed by atoms with Crippen LogP contribution in [0.15, 0.2) is 53.7 Å². The molecule has 5 heterocycles. The Bertz CT molecular complexity index is 1690. The molecule has 4 aromatic rings. The number of aromatic hydroxyl groups is 1. The van der Waals surface area contributed by atoms with Crippen LogP contribution in [0.3, 0.4) is 0 Å². The third kappa shape index (κ3) is 4.20. The molecule has 39 heavy (non-hydrogen) atoms. The summed E-state index contributed by atoms with van der Waals surface area (Å²) in [4.78, 5) is 23.3. The fraction of sp³-hybridized carbons (Fsp3) is 0.333. The number of hydrogen-bond donors (Lipinski definition) is 3. The van der Waals surface area contributed by atoms with Gasteiger partial charge in [-0.05, 0) is 31.7 Å². The van der Waals surface area contributed by atoms with Gasteiger partial charge >= 0.3 is 0 Å². The molecule has 2 unspecified atom stereocenters. The van der Waals surface area contributed by atoms with Crippen molar-refractivity contribution in [1.82, 2.24) is 24.5 Å². The second-order valence-electron chi connectivity index (χ2n) is 10.2. The van der Waals surface area contributed by atoms with Crippen molar-refractivity contribution in [3.05, 3.63) is 54.5 Å². The Labute approximate surface area is 224 Å². The van der Waals surface area contributed by atoms with E-state index < -0.39 is 16.4 Å². The number of aromatic nitrogens is 4. The van der Waals surface area contributed by atoms with Crippen molar-refractivity contribution in [3.8, 4) is 28.1 Å². The summed E-state index contributed by atoms with van der Waals surface area (Å²) in [5, 5.41) is 24.5. The quantitative estimate of drug-likeness (QED) is 0.340. The van der Waals surface area contributed by atoms with Crippen molar-refractivity contribution in [3.63, 3.8) is 0 Å². The first-order valence-corrected chi connectivity index (χ1v) is 14.6. The van der Waals surface area contributed by atoms with Crippen molar-refractivity contribution >= 4 is 27.2 Å². The molecule has 202 valence electrons. The van der Waals surface area contributed by atoms with Gasteiger partial charge in [0, 0.05) is 47.1 Å². The maximum Gasteiger partial charge on any atom is 0.248 e. The average molecular weight is 549 g/mol. The molecular weight excluding hydrogens is 520 g/mol. The van der Waals surface area contributed by atoms with Gasteiger partial charge in [-0.25, -0.2) is 13.4 Å². The number of rotatable bonds is 5. The Hall–Kier alpha value is -4.03. The average Bonchev–Trinajstić information content (AvgIpc) is 3.46. The van der Waals surface area contributed by atoms with E-state index in [1.165, 1.54) is 10.7 Å². The van der Waals surface area contributed by atoms with Crippen LogP contribution in [0.1, 0.15) is 37.3 Å². The van der Waals surface area contributed by atoms with E-state index in [9.17, 15) is 23.4 Å². The van der Waals surface area contributed by atoms with Crippen LogP contribution in [0.2, 0.25) is 0 Å². The highest BCUT2D eigenvalue weighted by atomic mass is 32.2. The fourth-order valence-corrected chi connectivity index (χ4v) is 7.24. The highest BCUT2D eigenvalue weighted by Crippen LogP contribution is 2.45. The Morgan fingerprint density at radius 3 is 2.41 bits per heavy atom. The number of nitrogen functional groups attached to an aromatic ring is 1. The first-order valence-electron chi connectivity index (χ1n) is 12.7. The van der Waals surface area contributed by atoms with E-state index in [1.807, 2.05) is 30.3 Å². The Balaban J connectivity index is 1.46. The molecule has 0 aliphatic carbocycles. The number of benzene rings is 1. The second kappa shape index (κ2) is 9.31. The number of hydrogen-bond acceptors (Lipinski definition) is 9. The van der Waals surface area contributed by atoms with Crippen molar-refractivity contribution < 1.29 is 23.4 Å². The smallest absolute Gasteiger partial charge is 0.248 e. The predicted molar refractivity (Wildman–Crippen MR) is 144 cm³/mol. The maximum absolute atomic E-state index is 13.0. The SMILES string of the molecule is CS(=O)(=O)c1c(C2CC3CCC(C2)N3C(=O)CO)nc2c(-c3cnc(-c4ccccc4)c(O)c3)cnn2c1N. The van der Waals surface area contributed by atoms with E-state index in [2.05, 4.69) is 10.1 Å². The van der Waals surface area contributed by atoms with Crippen LogP contribution in [0, 0.1) is 0 Å². The minimum atomic E-state index is -3.77. The molecule has 0 spiro atoms. The number of carbonyl (C=O) groups excluding carboxylic acids is 1. The molecule has 3 aromatic heterocycles. The molecule has 6 rings (SSSR count). The van der Waals surface area contributed by atoms with E-state index in [4.69, 9.17) is 10.7 Å². The number of anilines is 1. The number of carbonyl (C=O) groups is 1. The van der Waals surface area contributed by atoms with Crippen molar-refractivity contribution in [2.75, 3.05) is 18.6 Å². The molecule has 2 saturated heterocycles. The lowest BCUT2D eigenvalue weighted by Gasteiger charge is -2.39. The van der Waals surface area contributed by atoms with Gasteiger partial charge in [0.05, 0.1) is 11.9 Å². The fourth-order valence-electron chi connectivity index (χ4n) is 6.19. The standard InChI is InChI=1S/C27H28N6O5S/c1-39(37,38)25-24(16-9-18-7-8-19(10-16)32(18)22(36)14-34)31-27-20(13-30-33(27)26(25)28)17-11-21(35)23(29-12-17)15-5-3-2-4-6-15/h2-6,11-13,16,18-19,34-35H,7-10,14,28H2,1H3. The number of piperidine rings is 1. The Morgan fingerprint density at radius 1 is 1.10 bits per heavy atom. The highest BCUT2D eigenvalue weighted by molar-refractivity contribution is 7.91. The van der Waals surface area contributed by atoms with Crippen molar-refractivity contribution in [1.29, 1.82) is 0 Å². The predicted octanol–water partition coefficient (Wildman–Crippen LogP) is 2.38. The number of aliphatic hydroxyl groups is 1. The van der Waals surface area contributed by atoms with Crippen LogP contribution in [0.5, 0.6) is 5.75 Å². The Kier molecular flexibility index (Phi) is 6.03. The lowest BCUT2D eigenvalue weighted by atomic mass is 9.87. The summed E-state index contributed by atoms with van der Waals surface area (Å²) in [5.41, 5.74) is 9.44. The van der Waals surface area contributed by atoms with Crippen LogP contribution < -0.4 is 5.73 Å². The van der Waals surface area contributed by atoms with Crippen molar-refractivity contribution in [2.24, 2.45) is 0 Å². The zero-order valence-corrected chi connectivity index (χ0v) is 22.0. The van der Waals surface area contributed by atoms with Gasteiger partial charge in [0.1, 0.15) is 28.8 Å². The summed E-state index contributed by atoms with van der Waals surface area (Å²) in [5.74, 6) is -0.618. The number of fused-ring (bicyclic) bond motifs is 3. The number of pyridine rings is 1. The third-order valence-electron chi connectivity index (χ3n) is 7.80. The van der Waals surface area contributed by atoms with Crippen LogP contribution in [0.25, 0.3) is 28.0 Å². The van der Waals surface area contributed by atoms with E-state index in [-0.39, 0.29) is 40.4 Å². The third-order valence-corrected chi connectivity index (χ3v) is 8.96. The Morgan fingerprint density at radius 2 is 1.79 bits per heavy atom. The van der Waals surface area contributed by atoms with E-state index in [1.54, 1.807) is 17.2 Å². The van der Waals surface area contributed by atoms with Gasteiger partial charge in [-0.1, -0.05) is 30.3 Å². The zero-order chi connectivity index (χ0) is 27.5. The van der Waals surface area contributed by atoms with Gasteiger partial charge in [0.25, 0.3) is 0 Å². The topological polar surface area (TPSA) is 164 Å². The molecule has 1 amide bonds. The number of sulfone groups is 1. The molecule has 2 bridgehead atoms. The summed E-state index contributed by atoms with van der Waals surface area (Å²) in [6.07, 6.45) is 6.85. The first kappa shape index (κ1) is 25.3. The molecule has 1 aromatic carbocycles. The van der Waals surface area contributed by atoms with Crippen LogP contribution in [-0.2, 0) is 14.6 Å². The lowest BCUT2D eigenvalue weighted by Crippen LogP contribution is -2.47. The summed E-state index contributed by atoms with van der Waals surface area (Å²) >= 11 is 0. The normalized spacial score (nSPS) is 21.0. The molecule has 2 aliphatic heterocycles. The van der Waals surface area contributed by atoms with Gasteiger partial charge in [0.2, 0.25) is 5.91 Å². The first-order chi connectivity index (χ1) is 18.7. The number of nitrogens with zero attached hydrogens (tertiary/aromatic N) is 5. The highest BCUT2D eigenvalue weighted by Gasteiger charge is 2.45. The molecule has 2 fully saturated rings. The van der Waals surface area contributed by atoms with E-state index >= 15 is 0 Å². The maximum atomic E-state index is 13.0. The molecular formula is C27H28N6O5S. The minimum Gasteiger partial charge on any atom is -0.506 e. The van der Waals surface area contributed by atoms with Crippen molar-refractivity contribution in [2.45, 2.75) is 48.6 Å². The lowest BCUT2D eigenvalue weighted by molar-refractivity contribution is -0.138. The second-order valence-corrected chi connectivity index (χ2v) is 12.2.